The number of aliphatic carboxylic acids is 3. The average Bonchev–Trinajstić information content (AvgIpc) is 1.79. The van der Waals surface area contributed by atoms with Gasteiger partial charge in [0.25, 0.3) is 0 Å². The number of aliphatic hydroxyl groups is 1. The lowest BCUT2D eigenvalue weighted by molar-refractivity contribution is -0.144. The number of carbonyl (C=O) groups excluding carboxylic acids is 12. The summed E-state index contributed by atoms with van der Waals surface area (Å²) in [6.07, 6.45) is -2.94. The highest BCUT2D eigenvalue weighted by molar-refractivity contribution is 6.00. The van der Waals surface area contributed by atoms with Crippen molar-refractivity contribution in [3.05, 3.63) is 29.8 Å². The predicted octanol–water partition coefficient (Wildman–Crippen LogP) is -4.56. The number of hydrogen-bond donors (Lipinski definition) is 18. The van der Waals surface area contributed by atoms with Crippen molar-refractivity contribution in [2.75, 3.05) is 19.7 Å². The second kappa shape index (κ2) is 40.0. The van der Waals surface area contributed by atoms with Crippen molar-refractivity contribution in [3.63, 3.8) is 0 Å². The number of amides is 12. The minimum Gasteiger partial charge on any atom is -0.508 e. The average molecular weight is 1320 g/mol. The molecule has 1 aromatic carbocycles. The summed E-state index contributed by atoms with van der Waals surface area (Å²) in [5.41, 5.74) is 22.3. The molecule has 2 rings (SSSR count). The first-order valence-corrected chi connectivity index (χ1v) is 30.7. The number of phenols is 1. The van der Waals surface area contributed by atoms with Crippen LogP contribution in [0, 0.1) is 17.8 Å². The van der Waals surface area contributed by atoms with Crippen LogP contribution in [-0.4, -0.2) is 205 Å². The van der Waals surface area contributed by atoms with Crippen molar-refractivity contribution in [1.82, 2.24) is 52.8 Å². The number of carboxylic acid groups (broad SMARTS) is 3. The van der Waals surface area contributed by atoms with Crippen LogP contribution < -0.4 is 70.8 Å². The minimum absolute atomic E-state index is 0.0139. The van der Waals surface area contributed by atoms with Gasteiger partial charge in [0, 0.05) is 25.8 Å². The molecule has 0 unspecified atom stereocenters. The number of benzene rings is 1. The third-order valence-electron chi connectivity index (χ3n) is 15.0. The third kappa shape index (κ3) is 28.6. The number of nitrogens with zero attached hydrogens (tertiary/aromatic N) is 1. The van der Waals surface area contributed by atoms with Crippen molar-refractivity contribution in [2.45, 2.75) is 204 Å². The minimum atomic E-state index is -1.95. The molecule has 520 valence electrons. The van der Waals surface area contributed by atoms with Crippen molar-refractivity contribution in [2.24, 2.45) is 40.7 Å². The molecular weight excluding hydrogens is 1220 g/mol. The van der Waals surface area contributed by atoms with Crippen molar-refractivity contribution in [3.8, 4) is 5.75 Å². The number of unbranched alkanes of at least 4 members (excludes halogenated alkanes) is 1. The second-order valence-corrected chi connectivity index (χ2v) is 23.8. The second-order valence-electron chi connectivity index (χ2n) is 23.8. The van der Waals surface area contributed by atoms with Gasteiger partial charge < -0.3 is 101 Å². The molecule has 0 radical (unpaired) electrons. The van der Waals surface area contributed by atoms with Gasteiger partial charge >= 0.3 is 17.9 Å². The molecule has 1 fully saturated rings. The molecule has 0 spiro atoms. The summed E-state index contributed by atoms with van der Waals surface area (Å²) in [6.45, 7) is 8.93. The SMILES string of the molecule is CC[C@H](C)[C@H](NC(=O)[C@H](CCC(=O)O)NC(=O)[C@H](CO)NC(=O)[C@H](CC(C)C)NC(=O)[C@H](CC(=O)O)NC(=O)[C@@H]1CCCN1C(=O)[C@H](Cc1ccc(O)cc1)NC(=O)[C@H](CC(C)C)NC(=O)[C@H](CC(N)=O)NC(=O)[C@@H](N)CCC(N)=O)C(=O)N[C@@H](CCCCN)C(=O)O. The smallest absolute Gasteiger partial charge is 0.326 e. The number of likely N-dealkylation sites (tertiary alicyclic amines) is 1. The van der Waals surface area contributed by atoms with Crippen LogP contribution in [0.1, 0.15) is 137 Å². The molecule has 34 nitrogen and oxygen atoms in total. The Kier molecular flexibility index (Phi) is 34.5. The van der Waals surface area contributed by atoms with Crippen LogP contribution in [-0.2, 0) is 78.3 Å². The van der Waals surface area contributed by atoms with Crippen molar-refractivity contribution in [1.29, 1.82) is 0 Å². The number of phenolic OH excluding ortho intramolecular Hbond substituents is 1. The van der Waals surface area contributed by atoms with E-state index in [1.54, 1.807) is 41.5 Å². The summed E-state index contributed by atoms with van der Waals surface area (Å²) in [5, 5.41) is 71.2. The molecule has 1 aliphatic heterocycles. The lowest BCUT2D eigenvalue weighted by Crippen LogP contribution is -2.61. The predicted molar refractivity (Wildman–Crippen MR) is 329 cm³/mol. The summed E-state index contributed by atoms with van der Waals surface area (Å²) in [5.74, 6) is -18.1. The van der Waals surface area contributed by atoms with Crippen LogP contribution >= 0.6 is 0 Å². The molecule has 22 N–H and O–H groups in total. The van der Waals surface area contributed by atoms with E-state index in [0.29, 0.717) is 18.4 Å². The first-order valence-electron chi connectivity index (χ1n) is 30.7. The van der Waals surface area contributed by atoms with Gasteiger partial charge in [0.2, 0.25) is 70.9 Å². The molecule has 1 aromatic rings. The molecule has 1 aliphatic rings. The zero-order valence-corrected chi connectivity index (χ0v) is 53.2. The molecule has 12 amide bonds. The molecule has 0 aliphatic carbocycles. The molecule has 0 bridgehead atoms. The van der Waals surface area contributed by atoms with Crippen LogP contribution in [0.15, 0.2) is 24.3 Å². The highest BCUT2D eigenvalue weighted by Crippen LogP contribution is 2.22. The highest BCUT2D eigenvalue weighted by atomic mass is 16.4. The van der Waals surface area contributed by atoms with E-state index in [0.717, 1.165) is 4.90 Å². The number of nitrogens with one attached hydrogen (secondary N) is 9. The highest BCUT2D eigenvalue weighted by Gasteiger charge is 2.42. The van der Waals surface area contributed by atoms with Gasteiger partial charge in [0.05, 0.1) is 25.5 Å². The number of primary amides is 2. The molecule has 0 aromatic heterocycles. The molecule has 34 heteroatoms. The zero-order chi connectivity index (χ0) is 70.4. The number of carboxylic acids is 3. The molecule has 12 atom stereocenters. The van der Waals surface area contributed by atoms with Crippen LogP contribution in [0.5, 0.6) is 5.75 Å². The van der Waals surface area contributed by atoms with Gasteiger partial charge in [0.1, 0.15) is 66.2 Å². The Hall–Kier alpha value is -9.05. The Balaban J connectivity index is 2.45. The molecule has 1 heterocycles. The van der Waals surface area contributed by atoms with E-state index in [2.05, 4.69) is 47.9 Å². The Bertz CT molecular complexity index is 2790. The Labute approximate surface area is 537 Å². The largest absolute Gasteiger partial charge is 0.508 e. The van der Waals surface area contributed by atoms with Gasteiger partial charge in [-0.05, 0) is 99.8 Å². The Morgan fingerprint density at radius 3 is 1.54 bits per heavy atom. The van der Waals surface area contributed by atoms with Crippen molar-refractivity contribution < 1.29 is 97.5 Å². The normalized spacial score (nSPS) is 16.4. The van der Waals surface area contributed by atoms with Crippen LogP contribution in [0.3, 0.4) is 0 Å². The van der Waals surface area contributed by atoms with Crippen molar-refractivity contribution >= 4 is 88.8 Å². The first kappa shape index (κ1) is 80.0. The standard InChI is InChI=1S/C59H94N14O20/c1-7-31(6)48(57(90)65-36(59(92)93)11-8-9-21-60)72-50(83)35(18-20-46(78)79)64-55(88)42(28-74)71-52(85)38(24-30(4)5)68-54(87)40(27-47(80)81)69-56(89)43-12-10-22-73(43)58(91)41(25-32-13-15-33(75)16-14-32)70-51(84)37(23-29(2)3)67-53(86)39(26-45(63)77)66-49(82)34(61)17-19-44(62)76/h13-16,29-31,34-43,48,74-75H,7-12,17-28,60-61H2,1-6H3,(H2,62,76)(H2,63,77)(H,64,88)(H,65,90)(H,66,82)(H,67,86)(H,68,87)(H,69,89)(H,70,84)(H,71,85)(H,72,83)(H,78,79)(H,80,81)(H,92,93)/t31-,34-,35-,36-,37-,38-,39-,40-,41-,42-,43-,48-/m0/s1. The number of carbonyl (C=O) groups is 15. The summed E-state index contributed by atoms with van der Waals surface area (Å²) in [4.78, 5) is 200. The van der Waals surface area contributed by atoms with Crippen LogP contribution in [0.4, 0.5) is 0 Å². The monoisotopic (exact) mass is 1320 g/mol. The molecule has 0 saturated carbocycles. The maximum absolute atomic E-state index is 14.8. The molecule has 93 heavy (non-hydrogen) atoms. The van der Waals surface area contributed by atoms with E-state index in [-0.39, 0.29) is 82.5 Å². The van der Waals surface area contributed by atoms with E-state index in [9.17, 15) is 97.5 Å². The fourth-order valence-corrected chi connectivity index (χ4v) is 9.81. The van der Waals surface area contributed by atoms with Crippen LogP contribution in [0.25, 0.3) is 0 Å². The summed E-state index contributed by atoms with van der Waals surface area (Å²) in [6, 6.07) is -11.9. The lowest BCUT2D eigenvalue weighted by atomic mass is 9.96. The number of aliphatic hydroxyl groups excluding tert-OH is 1. The zero-order valence-electron chi connectivity index (χ0n) is 53.2. The third-order valence-corrected chi connectivity index (χ3v) is 15.0. The molecular formula is C59H94N14O20. The van der Waals surface area contributed by atoms with E-state index in [4.69, 9.17) is 22.9 Å². The van der Waals surface area contributed by atoms with E-state index in [1.807, 2.05) is 0 Å². The van der Waals surface area contributed by atoms with Gasteiger partial charge in [-0.1, -0.05) is 60.1 Å². The van der Waals surface area contributed by atoms with Gasteiger partial charge in [-0.2, -0.15) is 0 Å². The van der Waals surface area contributed by atoms with Crippen LogP contribution in [0.2, 0.25) is 0 Å². The number of aromatic hydroxyl groups is 1. The number of hydrogen-bond acceptors (Lipinski definition) is 19. The summed E-state index contributed by atoms with van der Waals surface area (Å²) >= 11 is 0. The van der Waals surface area contributed by atoms with Gasteiger partial charge in [-0.3, -0.25) is 67.1 Å². The fourth-order valence-electron chi connectivity index (χ4n) is 9.81. The Morgan fingerprint density at radius 1 is 0.548 bits per heavy atom. The first-order chi connectivity index (χ1) is 43.6. The van der Waals surface area contributed by atoms with E-state index < -0.39 is 199 Å². The molecule has 1 saturated heterocycles. The van der Waals surface area contributed by atoms with Gasteiger partial charge in [0.15, 0.2) is 0 Å². The van der Waals surface area contributed by atoms with E-state index >= 15 is 0 Å². The van der Waals surface area contributed by atoms with Gasteiger partial charge in [-0.15, -0.1) is 0 Å². The lowest BCUT2D eigenvalue weighted by Gasteiger charge is -2.31. The van der Waals surface area contributed by atoms with Gasteiger partial charge in [-0.25, -0.2) is 4.79 Å². The fraction of sp³-hybridized carbons (Fsp3) is 0.644. The summed E-state index contributed by atoms with van der Waals surface area (Å²) < 4.78 is 0. The summed E-state index contributed by atoms with van der Waals surface area (Å²) in [7, 11) is 0. The maximum Gasteiger partial charge on any atom is 0.326 e. The maximum atomic E-state index is 14.8. The number of rotatable bonds is 43. The Morgan fingerprint density at radius 2 is 1.04 bits per heavy atom. The van der Waals surface area contributed by atoms with E-state index in [1.165, 1.54) is 24.3 Å². The topological polar surface area (TPSA) is 573 Å². The number of nitrogens with two attached hydrogens (primary N) is 4. The quantitative estimate of drug-likeness (QED) is 0.0274.